The number of carbonyl (C=O) groups is 1. The summed E-state index contributed by atoms with van der Waals surface area (Å²) >= 11 is 0. The van der Waals surface area contributed by atoms with Crippen molar-refractivity contribution in [3.63, 3.8) is 0 Å². The number of benzene rings is 1. The van der Waals surface area contributed by atoms with E-state index in [4.69, 9.17) is 9.84 Å². The van der Waals surface area contributed by atoms with E-state index in [0.29, 0.717) is 0 Å². The standard InChI is InChI=1S/C12H16O3/c1-9(8-12(13)14)7-10-5-3-4-6-11(10)15-2/h3-6,9H,7-8H2,1-2H3,(H,13,14)/t9-/m1/s1. The van der Waals surface area contributed by atoms with E-state index < -0.39 is 5.97 Å². The summed E-state index contributed by atoms with van der Waals surface area (Å²) in [6.07, 6.45) is 0.925. The molecule has 0 fully saturated rings. The SMILES string of the molecule is COc1ccccc1C[C@@H](C)CC(=O)O. The Morgan fingerprint density at radius 3 is 2.73 bits per heavy atom. The van der Waals surface area contributed by atoms with Crippen LogP contribution in [0.2, 0.25) is 0 Å². The fourth-order valence-corrected chi connectivity index (χ4v) is 1.62. The first-order chi connectivity index (χ1) is 7.13. The van der Waals surface area contributed by atoms with Crippen LogP contribution in [-0.4, -0.2) is 18.2 Å². The van der Waals surface area contributed by atoms with Crippen molar-refractivity contribution in [3.8, 4) is 5.75 Å². The minimum absolute atomic E-state index is 0.124. The highest BCUT2D eigenvalue weighted by Crippen LogP contribution is 2.21. The van der Waals surface area contributed by atoms with Crippen LogP contribution in [0.5, 0.6) is 5.75 Å². The van der Waals surface area contributed by atoms with Gasteiger partial charge >= 0.3 is 5.97 Å². The second-order valence-corrected chi connectivity index (χ2v) is 3.72. The molecule has 0 spiro atoms. The molecule has 0 aliphatic heterocycles. The molecule has 3 heteroatoms. The maximum Gasteiger partial charge on any atom is 0.303 e. The van der Waals surface area contributed by atoms with Gasteiger partial charge in [0.1, 0.15) is 5.75 Å². The molecule has 82 valence electrons. The Hall–Kier alpha value is -1.51. The lowest BCUT2D eigenvalue weighted by Gasteiger charge is -2.11. The number of carboxylic acids is 1. The third kappa shape index (κ3) is 3.62. The first-order valence-corrected chi connectivity index (χ1v) is 4.97. The van der Waals surface area contributed by atoms with Crippen molar-refractivity contribution in [3.05, 3.63) is 29.8 Å². The van der Waals surface area contributed by atoms with Crippen LogP contribution in [0, 0.1) is 5.92 Å². The molecule has 1 N–H and O–H groups in total. The van der Waals surface area contributed by atoms with Gasteiger partial charge in [0, 0.05) is 6.42 Å². The van der Waals surface area contributed by atoms with Crippen LogP contribution in [0.25, 0.3) is 0 Å². The summed E-state index contributed by atoms with van der Waals surface area (Å²) in [5.41, 5.74) is 1.06. The highest BCUT2D eigenvalue weighted by molar-refractivity contribution is 5.67. The van der Waals surface area contributed by atoms with Gasteiger partial charge in [-0.3, -0.25) is 4.79 Å². The predicted octanol–water partition coefficient (Wildman–Crippen LogP) is 2.35. The number of hydrogen-bond acceptors (Lipinski definition) is 2. The summed E-state index contributed by atoms with van der Waals surface area (Å²) < 4.78 is 5.20. The van der Waals surface area contributed by atoms with Crippen molar-refractivity contribution in [1.29, 1.82) is 0 Å². The number of carboxylic acid groups (broad SMARTS) is 1. The summed E-state index contributed by atoms with van der Waals surface area (Å²) in [7, 11) is 1.63. The van der Waals surface area contributed by atoms with Crippen LogP contribution in [0.4, 0.5) is 0 Å². The average Bonchev–Trinajstić information content (AvgIpc) is 2.17. The molecule has 1 aromatic carbocycles. The van der Waals surface area contributed by atoms with Gasteiger partial charge in [-0.1, -0.05) is 25.1 Å². The third-order valence-corrected chi connectivity index (χ3v) is 2.28. The van der Waals surface area contributed by atoms with Gasteiger partial charge < -0.3 is 9.84 Å². The molecular weight excluding hydrogens is 192 g/mol. The average molecular weight is 208 g/mol. The molecule has 1 aromatic rings. The van der Waals surface area contributed by atoms with E-state index in [9.17, 15) is 4.79 Å². The summed E-state index contributed by atoms with van der Waals surface area (Å²) in [5, 5.41) is 8.66. The normalized spacial score (nSPS) is 12.1. The second-order valence-electron chi connectivity index (χ2n) is 3.72. The van der Waals surface area contributed by atoms with Crippen LogP contribution in [0.15, 0.2) is 24.3 Å². The molecule has 0 heterocycles. The molecule has 0 saturated carbocycles. The van der Waals surface area contributed by atoms with E-state index >= 15 is 0 Å². The molecule has 0 unspecified atom stereocenters. The van der Waals surface area contributed by atoms with Crippen LogP contribution in [0.3, 0.4) is 0 Å². The lowest BCUT2D eigenvalue weighted by molar-refractivity contribution is -0.137. The first kappa shape index (κ1) is 11.6. The van der Waals surface area contributed by atoms with Gasteiger partial charge in [-0.25, -0.2) is 0 Å². The fourth-order valence-electron chi connectivity index (χ4n) is 1.62. The second kappa shape index (κ2) is 5.39. The number of rotatable bonds is 5. The molecule has 0 aliphatic carbocycles. The van der Waals surface area contributed by atoms with Gasteiger partial charge in [0.25, 0.3) is 0 Å². The topological polar surface area (TPSA) is 46.5 Å². The minimum Gasteiger partial charge on any atom is -0.496 e. The van der Waals surface area contributed by atoms with Crippen LogP contribution >= 0.6 is 0 Å². The summed E-state index contributed by atoms with van der Waals surface area (Å²) in [6, 6.07) is 7.70. The van der Waals surface area contributed by atoms with Gasteiger partial charge in [-0.15, -0.1) is 0 Å². The number of ether oxygens (including phenoxy) is 1. The van der Waals surface area contributed by atoms with Gasteiger partial charge in [0.05, 0.1) is 7.11 Å². The van der Waals surface area contributed by atoms with E-state index in [-0.39, 0.29) is 12.3 Å². The summed E-state index contributed by atoms with van der Waals surface area (Å²) in [5.74, 6) is 0.200. The molecule has 0 aromatic heterocycles. The number of para-hydroxylation sites is 1. The molecular formula is C12H16O3. The molecule has 0 bridgehead atoms. The Morgan fingerprint density at radius 1 is 1.47 bits per heavy atom. The van der Waals surface area contributed by atoms with E-state index in [2.05, 4.69) is 0 Å². The van der Waals surface area contributed by atoms with Crippen molar-refractivity contribution >= 4 is 5.97 Å². The van der Waals surface area contributed by atoms with Crippen molar-refractivity contribution in [1.82, 2.24) is 0 Å². The Balaban J connectivity index is 2.67. The Labute approximate surface area is 89.7 Å². The Bertz CT molecular complexity index is 333. The van der Waals surface area contributed by atoms with Gasteiger partial charge in [-0.2, -0.15) is 0 Å². The molecule has 0 aliphatic rings. The zero-order chi connectivity index (χ0) is 11.3. The summed E-state index contributed by atoms with van der Waals surface area (Å²) in [4.78, 5) is 10.5. The van der Waals surface area contributed by atoms with E-state index in [1.54, 1.807) is 7.11 Å². The predicted molar refractivity (Wildman–Crippen MR) is 58.1 cm³/mol. The molecule has 0 saturated heterocycles. The fraction of sp³-hybridized carbons (Fsp3) is 0.417. The first-order valence-electron chi connectivity index (χ1n) is 4.97. The van der Waals surface area contributed by atoms with E-state index in [0.717, 1.165) is 17.7 Å². The lowest BCUT2D eigenvalue weighted by atomic mass is 9.97. The highest BCUT2D eigenvalue weighted by Gasteiger charge is 2.10. The van der Waals surface area contributed by atoms with E-state index in [1.807, 2.05) is 31.2 Å². The molecule has 0 radical (unpaired) electrons. The Morgan fingerprint density at radius 2 is 2.13 bits per heavy atom. The number of hydrogen-bond donors (Lipinski definition) is 1. The van der Waals surface area contributed by atoms with Gasteiger partial charge in [-0.05, 0) is 24.0 Å². The minimum atomic E-state index is -0.752. The summed E-state index contributed by atoms with van der Waals surface area (Å²) in [6.45, 7) is 1.93. The highest BCUT2D eigenvalue weighted by atomic mass is 16.5. The van der Waals surface area contributed by atoms with E-state index in [1.165, 1.54) is 0 Å². The zero-order valence-electron chi connectivity index (χ0n) is 9.06. The molecule has 0 amide bonds. The monoisotopic (exact) mass is 208 g/mol. The Kier molecular flexibility index (Phi) is 4.16. The van der Waals surface area contributed by atoms with Crippen molar-refractivity contribution in [2.75, 3.05) is 7.11 Å². The van der Waals surface area contributed by atoms with Crippen LogP contribution < -0.4 is 4.74 Å². The third-order valence-electron chi connectivity index (χ3n) is 2.28. The van der Waals surface area contributed by atoms with Gasteiger partial charge in [0.15, 0.2) is 0 Å². The smallest absolute Gasteiger partial charge is 0.303 e. The van der Waals surface area contributed by atoms with Crippen molar-refractivity contribution in [2.45, 2.75) is 19.8 Å². The lowest BCUT2D eigenvalue weighted by Crippen LogP contribution is -2.07. The number of aliphatic carboxylic acids is 1. The quantitative estimate of drug-likeness (QED) is 0.807. The molecule has 15 heavy (non-hydrogen) atoms. The maximum atomic E-state index is 10.5. The van der Waals surface area contributed by atoms with Crippen LogP contribution in [-0.2, 0) is 11.2 Å². The zero-order valence-corrected chi connectivity index (χ0v) is 9.06. The maximum absolute atomic E-state index is 10.5. The van der Waals surface area contributed by atoms with Crippen molar-refractivity contribution < 1.29 is 14.6 Å². The van der Waals surface area contributed by atoms with Crippen molar-refractivity contribution in [2.24, 2.45) is 5.92 Å². The molecule has 3 nitrogen and oxygen atoms in total. The molecule has 1 atom stereocenters. The van der Waals surface area contributed by atoms with Gasteiger partial charge in [0.2, 0.25) is 0 Å². The number of methoxy groups -OCH3 is 1. The molecule has 1 rings (SSSR count). The van der Waals surface area contributed by atoms with Crippen LogP contribution in [0.1, 0.15) is 18.9 Å². The largest absolute Gasteiger partial charge is 0.496 e.